The zero-order chi connectivity index (χ0) is 15.1. The molecular formula is C18H35NO. The quantitative estimate of drug-likeness (QED) is 0.216. The largest absolute Gasteiger partial charge is 0.234 e. The molecule has 0 fully saturated rings. The maximum absolute atomic E-state index is 9.88. The molecular weight excluding hydrogens is 246 g/mol. The molecule has 0 aliphatic carbocycles. The molecule has 0 aliphatic rings. The van der Waals surface area contributed by atoms with Gasteiger partial charge < -0.3 is 0 Å². The smallest absolute Gasteiger partial charge is 0.211 e. The molecule has 118 valence electrons. The second-order valence-electron chi connectivity index (χ2n) is 6.11. The van der Waals surface area contributed by atoms with E-state index in [-0.39, 0.29) is 0 Å². The Balaban J connectivity index is 3.38. The van der Waals surface area contributed by atoms with E-state index >= 15 is 0 Å². The molecule has 0 N–H and O–H groups in total. The maximum Gasteiger partial charge on any atom is 0.234 e. The summed E-state index contributed by atoms with van der Waals surface area (Å²) >= 11 is 0. The molecule has 0 heterocycles. The number of unbranched alkanes of at least 4 members (excludes halogenated alkanes) is 7. The highest BCUT2D eigenvalue weighted by molar-refractivity contribution is 5.32. The molecule has 0 aromatic rings. The lowest BCUT2D eigenvalue weighted by atomic mass is 9.75. The van der Waals surface area contributed by atoms with Crippen LogP contribution in [0.2, 0.25) is 0 Å². The van der Waals surface area contributed by atoms with Crippen LogP contribution in [-0.4, -0.2) is 12.6 Å². The number of isocyanates is 1. The van der Waals surface area contributed by atoms with Crippen LogP contribution in [0, 0.1) is 5.41 Å². The Morgan fingerprint density at radius 2 is 1.20 bits per heavy atom. The van der Waals surface area contributed by atoms with Gasteiger partial charge in [-0.05, 0) is 18.3 Å². The van der Waals surface area contributed by atoms with Crippen molar-refractivity contribution >= 4 is 6.08 Å². The van der Waals surface area contributed by atoms with E-state index in [1.807, 2.05) is 0 Å². The van der Waals surface area contributed by atoms with Crippen molar-refractivity contribution < 1.29 is 4.79 Å². The van der Waals surface area contributed by atoms with Gasteiger partial charge in [0.25, 0.3) is 0 Å². The first-order valence-electron chi connectivity index (χ1n) is 8.78. The molecule has 0 saturated carbocycles. The topological polar surface area (TPSA) is 29.4 Å². The van der Waals surface area contributed by atoms with Gasteiger partial charge in [0.2, 0.25) is 6.08 Å². The number of hydrogen-bond donors (Lipinski definition) is 0. The van der Waals surface area contributed by atoms with E-state index in [0.29, 0.717) is 12.0 Å². The normalized spacial score (nSPS) is 11.3. The zero-order valence-corrected chi connectivity index (χ0v) is 14.0. The van der Waals surface area contributed by atoms with Crippen molar-refractivity contribution in [1.29, 1.82) is 0 Å². The van der Waals surface area contributed by atoms with Crippen LogP contribution >= 0.6 is 0 Å². The molecule has 0 bridgehead atoms. The molecule has 0 aromatic carbocycles. The zero-order valence-electron chi connectivity index (χ0n) is 14.0. The first kappa shape index (κ1) is 19.4. The van der Waals surface area contributed by atoms with E-state index in [9.17, 15) is 4.79 Å². The summed E-state index contributed by atoms with van der Waals surface area (Å²) in [6.45, 7) is 7.71. The van der Waals surface area contributed by atoms with Gasteiger partial charge in [-0.2, -0.15) is 0 Å². The van der Waals surface area contributed by atoms with Crippen LogP contribution in [0.25, 0.3) is 0 Å². The van der Waals surface area contributed by atoms with Crippen LogP contribution in [0.3, 0.4) is 0 Å². The van der Waals surface area contributed by atoms with Gasteiger partial charge in [0, 0.05) is 0 Å². The number of rotatable bonds is 14. The summed E-state index contributed by atoms with van der Waals surface area (Å²) in [5.41, 5.74) is 0.624. The minimum atomic E-state index is 0.624. The lowest BCUT2D eigenvalue weighted by Gasteiger charge is -2.30. The minimum absolute atomic E-state index is 0.624. The Morgan fingerprint density at radius 3 is 1.65 bits per heavy atom. The summed E-state index contributed by atoms with van der Waals surface area (Å²) in [5, 5.41) is 0. The molecule has 0 aliphatic heterocycles. The highest BCUT2D eigenvalue weighted by atomic mass is 16.1. The second-order valence-corrected chi connectivity index (χ2v) is 6.11. The molecule has 0 aromatic heterocycles. The van der Waals surface area contributed by atoms with Crippen molar-refractivity contribution in [3.63, 3.8) is 0 Å². The van der Waals surface area contributed by atoms with Crippen LogP contribution in [0.4, 0.5) is 0 Å². The molecule has 0 unspecified atom stereocenters. The average molecular weight is 281 g/mol. The van der Waals surface area contributed by atoms with Crippen molar-refractivity contribution in [2.75, 3.05) is 6.54 Å². The molecule has 0 spiro atoms. The van der Waals surface area contributed by atoms with Crippen molar-refractivity contribution in [1.82, 2.24) is 0 Å². The van der Waals surface area contributed by atoms with Crippen LogP contribution in [-0.2, 0) is 4.79 Å². The monoisotopic (exact) mass is 281 g/mol. The number of carbonyl (C=O) groups excluding carboxylic acids is 1. The molecule has 0 atom stereocenters. The Morgan fingerprint density at radius 1 is 0.750 bits per heavy atom. The highest BCUT2D eigenvalue weighted by Crippen LogP contribution is 2.36. The van der Waals surface area contributed by atoms with Gasteiger partial charge in [0.1, 0.15) is 0 Å². The Kier molecular flexibility index (Phi) is 13.0. The fourth-order valence-electron chi connectivity index (χ4n) is 3.08. The Bertz CT molecular complexity index is 244. The van der Waals surface area contributed by atoms with Gasteiger partial charge in [-0.15, -0.1) is 0 Å². The van der Waals surface area contributed by atoms with Crippen molar-refractivity contribution in [3.05, 3.63) is 0 Å². The van der Waals surface area contributed by atoms with E-state index < -0.39 is 0 Å². The van der Waals surface area contributed by atoms with E-state index in [1.165, 1.54) is 70.6 Å². The lowest BCUT2D eigenvalue weighted by Crippen LogP contribution is -2.17. The van der Waals surface area contributed by atoms with Crippen LogP contribution in [0.5, 0.6) is 0 Å². The molecule has 2 nitrogen and oxygen atoms in total. The fourth-order valence-corrected chi connectivity index (χ4v) is 3.08. The first-order valence-corrected chi connectivity index (χ1v) is 8.78. The summed E-state index contributed by atoms with van der Waals surface area (Å²) in [6, 6.07) is 0. The number of hydrogen-bond acceptors (Lipinski definition) is 2. The van der Waals surface area contributed by atoms with Gasteiger partial charge in [0.15, 0.2) is 0 Å². The van der Waals surface area contributed by atoms with Crippen molar-refractivity contribution in [2.24, 2.45) is 10.4 Å². The van der Waals surface area contributed by atoms with Crippen molar-refractivity contribution in [2.45, 2.75) is 97.8 Å². The molecule has 0 amide bonds. The minimum Gasteiger partial charge on any atom is -0.211 e. The van der Waals surface area contributed by atoms with Gasteiger partial charge in [-0.1, -0.05) is 85.0 Å². The summed E-state index contributed by atoms with van der Waals surface area (Å²) in [5.74, 6) is 0. The van der Waals surface area contributed by atoms with Crippen LogP contribution in [0.15, 0.2) is 4.99 Å². The van der Waals surface area contributed by atoms with Gasteiger partial charge in [-0.25, -0.2) is 9.79 Å². The highest BCUT2D eigenvalue weighted by Gasteiger charge is 2.22. The van der Waals surface area contributed by atoms with Crippen molar-refractivity contribution in [3.8, 4) is 0 Å². The third kappa shape index (κ3) is 9.31. The third-order valence-corrected chi connectivity index (χ3v) is 5.04. The van der Waals surface area contributed by atoms with Crippen LogP contribution < -0.4 is 0 Å². The van der Waals surface area contributed by atoms with Crippen LogP contribution in [0.1, 0.15) is 97.8 Å². The summed E-state index contributed by atoms with van der Waals surface area (Å²) in [4.78, 5) is 13.5. The standard InChI is InChI=1S/C18H35NO/c1-4-18(5-2,6-3)15-13-11-9-7-8-10-12-14-16-19-17-20/h4-16H2,1-3H3. The third-order valence-electron chi connectivity index (χ3n) is 5.04. The first-order chi connectivity index (χ1) is 9.74. The Hall–Kier alpha value is -0.620. The molecule has 20 heavy (non-hydrogen) atoms. The SMILES string of the molecule is CCC(CC)(CC)CCCCCCCCCCN=C=O. The molecule has 0 radical (unpaired) electrons. The summed E-state index contributed by atoms with van der Waals surface area (Å²) in [7, 11) is 0. The van der Waals surface area contributed by atoms with Gasteiger partial charge in [0.05, 0.1) is 6.54 Å². The Labute approximate surface area is 126 Å². The number of nitrogens with zero attached hydrogens (tertiary/aromatic N) is 1. The van der Waals surface area contributed by atoms with Gasteiger partial charge in [-0.3, -0.25) is 0 Å². The molecule has 0 rings (SSSR count). The maximum atomic E-state index is 9.88. The lowest BCUT2D eigenvalue weighted by molar-refractivity contribution is 0.220. The van der Waals surface area contributed by atoms with E-state index in [0.717, 1.165) is 6.42 Å². The summed E-state index contributed by atoms with van der Waals surface area (Å²) < 4.78 is 0. The molecule has 2 heteroatoms. The predicted molar refractivity (Wildman–Crippen MR) is 87.8 cm³/mol. The van der Waals surface area contributed by atoms with E-state index in [4.69, 9.17) is 0 Å². The van der Waals surface area contributed by atoms with Gasteiger partial charge >= 0.3 is 0 Å². The molecule has 0 saturated heterocycles. The summed E-state index contributed by atoms with van der Waals surface area (Å²) in [6.07, 6.45) is 17.5. The number of aliphatic imine (C=N–C) groups is 1. The fraction of sp³-hybridized carbons (Fsp3) is 0.944. The van der Waals surface area contributed by atoms with E-state index in [1.54, 1.807) is 6.08 Å². The predicted octanol–water partition coefficient (Wildman–Crippen LogP) is 6.05. The second kappa shape index (κ2) is 13.4. The van der Waals surface area contributed by atoms with E-state index in [2.05, 4.69) is 25.8 Å². The average Bonchev–Trinajstić information content (AvgIpc) is 2.49.